The van der Waals surface area contributed by atoms with Crippen molar-refractivity contribution in [2.45, 2.75) is 6.42 Å². The minimum atomic E-state index is -0.246. The highest BCUT2D eigenvalue weighted by molar-refractivity contribution is 5.89. The van der Waals surface area contributed by atoms with Gasteiger partial charge in [0.05, 0.1) is 11.6 Å². The molecule has 2 aliphatic heterocycles. The first kappa shape index (κ1) is 18.6. The van der Waals surface area contributed by atoms with Gasteiger partial charge in [0.15, 0.2) is 0 Å². The molecule has 2 fully saturated rings. The molecule has 3 rings (SSSR count). The first-order chi connectivity index (χ1) is 12.5. The molecule has 1 aromatic carbocycles. The normalized spacial score (nSPS) is 21.0. The van der Waals surface area contributed by atoms with Crippen molar-refractivity contribution >= 4 is 17.5 Å². The van der Waals surface area contributed by atoms with E-state index in [1.807, 2.05) is 34.9 Å². The first-order valence-corrected chi connectivity index (χ1v) is 9.16. The summed E-state index contributed by atoms with van der Waals surface area (Å²) in [6.45, 7) is 4.32. The monoisotopic (exact) mass is 362 g/mol. The number of para-hydroxylation sites is 1. The fraction of sp³-hybridized carbons (Fsp3) is 0.579. The molecular weight excluding hydrogens is 335 g/mol. The number of hydrogen-bond donors (Lipinski definition) is 0. The van der Waals surface area contributed by atoms with Crippen molar-refractivity contribution in [2.24, 2.45) is 5.92 Å². The van der Waals surface area contributed by atoms with Crippen LogP contribution in [0.2, 0.25) is 0 Å². The second-order valence-corrected chi connectivity index (χ2v) is 7.31. The predicted molar refractivity (Wildman–Crippen MR) is 98.4 cm³/mol. The molecule has 2 aliphatic rings. The van der Waals surface area contributed by atoms with Crippen molar-refractivity contribution in [3.63, 3.8) is 0 Å². The van der Waals surface area contributed by atoms with Gasteiger partial charge in [-0.15, -0.1) is 0 Å². The molecule has 0 aromatic heterocycles. The van der Waals surface area contributed by atoms with E-state index in [-0.39, 0.29) is 23.5 Å². The standard InChI is InChI=1S/C19H27FN4O2/c1-21(2)7-8-24-14-15(13-18(24)25)19(26)23-11-9-22(10-12-23)17-6-4-3-5-16(17)20/h3-6,15H,7-14H2,1-2H3. The van der Waals surface area contributed by atoms with E-state index in [9.17, 15) is 14.0 Å². The van der Waals surface area contributed by atoms with E-state index in [0.29, 0.717) is 51.4 Å². The Bertz CT molecular complexity index is 659. The van der Waals surface area contributed by atoms with Gasteiger partial charge in [-0.2, -0.15) is 0 Å². The number of likely N-dealkylation sites (N-methyl/N-ethyl adjacent to an activating group) is 1. The average molecular weight is 362 g/mol. The molecular formula is C19H27FN4O2. The van der Waals surface area contributed by atoms with Gasteiger partial charge in [-0.05, 0) is 26.2 Å². The molecule has 142 valence electrons. The van der Waals surface area contributed by atoms with Crippen molar-refractivity contribution in [3.8, 4) is 0 Å². The van der Waals surface area contributed by atoms with Gasteiger partial charge >= 0.3 is 0 Å². The third kappa shape index (κ3) is 4.15. The fourth-order valence-electron chi connectivity index (χ4n) is 3.61. The van der Waals surface area contributed by atoms with Crippen LogP contribution in [0, 0.1) is 11.7 Å². The Kier molecular flexibility index (Phi) is 5.76. The summed E-state index contributed by atoms with van der Waals surface area (Å²) in [6, 6.07) is 6.73. The van der Waals surface area contributed by atoms with Gasteiger partial charge in [-0.25, -0.2) is 4.39 Å². The van der Waals surface area contributed by atoms with Gasteiger partial charge < -0.3 is 19.6 Å². The van der Waals surface area contributed by atoms with Crippen LogP contribution in [-0.2, 0) is 9.59 Å². The lowest BCUT2D eigenvalue weighted by atomic mass is 10.1. The highest BCUT2D eigenvalue weighted by Crippen LogP contribution is 2.23. The second-order valence-electron chi connectivity index (χ2n) is 7.31. The Morgan fingerprint density at radius 2 is 1.88 bits per heavy atom. The molecule has 1 atom stereocenters. The van der Waals surface area contributed by atoms with Gasteiger partial charge in [0.25, 0.3) is 0 Å². The molecule has 0 aliphatic carbocycles. The molecule has 6 nitrogen and oxygen atoms in total. The van der Waals surface area contributed by atoms with Crippen LogP contribution in [0.4, 0.5) is 10.1 Å². The maximum absolute atomic E-state index is 13.9. The van der Waals surface area contributed by atoms with Gasteiger partial charge in [0, 0.05) is 52.2 Å². The van der Waals surface area contributed by atoms with Crippen LogP contribution in [0.15, 0.2) is 24.3 Å². The molecule has 0 spiro atoms. The molecule has 2 saturated heterocycles. The minimum Gasteiger partial charge on any atom is -0.366 e. The van der Waals surface area contributed by atoms with Crippen LogP contribution >= 0.6 is 0 Å². The van der Waals surface area contributed by atoms with Crippen LogP contribution in [-0.4, -0.2) is 86.4 Å². The van der Waals surface area contributed by atoms with E-state index in [1.54, 1.807) is 17.0 Å². The summed E-state index contributed by atoms with van der Waals surface area (Å²) in [5.41, 5.74) is 0.588. The molecule has 1 aromatic rings. The lowest BCUT2D eigenvalue weighted by molar-refractivity contribution is -0.136. The predicted octanol–water partition coefficient (Wildman–Crippen LogP) is 0.884. The van der Waals surface area contributed by atoms with Gasteiger partial charge in [-0.1, -0.05) is 12.1 Å². The second kappa shape index (κ2) is 8.03. The summed E-state index contributed by atoms with van der Waals surface area (Å²) in [7, 11) is 3.94. The van der Waals surface area contributed by atoms with E-state index in [2.05, 4.69) is 0 Å². The number of piperazine rings is 1. The van der Waals surface area contributed by atoms with Crippen molar-refractivity contribution in [3.05, 3.63) is 30.1 Å². The summed E-state index contributed by atoms with van der Waals surface area (Å²) in [5.74, 6) is -0.357. The molecule has 0 saturated carbocycles. The molecule has 2 heterocycles. The Morgan fingerprint density at radius 1 is 1.19 bits per heavy atom. The van der Waals surface area contributed by atoms with Crippen molar-refractivity contribution < 1.29 is 14.0 Å². The SMILES string of the molecule is CN(C)CCN1CC(C(=O)N2CCN(c3ccccc3F)CC2)CC1=O. The molecule has 2 amide bonds. The Hall–Kier alpha value is -2.15. The molecule has 1 unspecified atom stereocenters. The quantitative estimate of drug-likeness (QED) is 0.780. The lowest BCUT2D eigenvalue weighted by Crippen LogP contribution is -2.51. The van der Waals surface area contributed by atoms with Gasteiger partial charge in [-0.3, -0.25) is 9.59 Å². The number of anilines is 1. The Balaban J connectivity index is 1.53. The molecule has 7 heteroatoms. The summed E-state index contributed by atoms with van der Waals surface area (Å²) < 4.78 is 13.9. The number of carbonyl (C=O) groups is 2. The number of amides is 2. The maximum atomic E-state index is 13.9. The zero-order chi connectivity index (χ0) is 18.7. The zero-order valence-electron chi connectivity index (χ0n) is 15.5. The maximum Gasteiger partial charge on any atom is 0.228 e. The van der Waals surface area contributed by atoms with Crippen LogP contribution in [0.25, 0.3) is 0 Å². The Morgan fingerprint density at radius 3 is 2.54 bits per heavy atom. The van der Waals surface area contributed by atoms with Gasteiger partial charge in [0.2, 0.25) is 11.8 Å². The van der Waals surface area contributed by atoms with E-state index >= 15 is 0 Å². The fourth-order valence-corrected chi connectivity index (χ4v) is 3.61. The number of nitrogens with zero attached hydrogens (tertiary/aromatic N) is 4. The Labute approximate surface area is 154 Å². The largest absolute Gasteiger partial charge is 0.366 e. The van der Waals surface area contributed by atoms with E-state index in [0.717, 1.165) is 6.54 Å². The van der Waals surface area contributed by atoms with Gasteiger partial charge in [0.1, 0.15) is 5.82 Å². The summed E-state index contributed by atoms with van der Waals surface area (Å²) in [4.78, 5) is 32.6. The van der Waals surface area contributed by atoms with Crippen LogP contribution in [0.5, 0.6) is 0 Å². The number of likely N-dealkylation sites (tertiary alicyclic amines) is 1. The van der Waals surface area contributed by atoms with E-state index in [4.69, 9.17) is 0 Å². The number of rotatable bonds is 5. The number of benzene rings is 1. The average Bonchev–Trinajstić information content (AvgIpc) is 3.01. The topological polar surface area (TPSA) is 47.1 Å². The molecule has 0 radical (unpaired) electrons. The van der Waals surface area contributed by atoms with Crippen LogP contribution in [0.3, 0.4) is 0 Å². The smallest absolute Gasteiger partial charge is 0.228 e. The first-order valence-electron chi connectivity index (χ1n) is 9.16. The summed E-state index contributed by atoms with van der Waals surface area (Å²) >= 11 is 0. The minimum absolute atomic E-state index is 0.0545. The van der Waals surface area contributed by atoms with E-state index < -0.39 is 0 Å². The van der Waals surface area contributed by atoms with Crippen LogP contribution < -0.4 is 4.90 Å². The summed E-state index contributed by atoms with van der Waals surface area (Å²) in [5, 5.41) is 0. The molecule has 0 bridgehead atoms. The summed E-state index contributed by atoms with van der Waals surface area (Å²) in [6.07, 6.45) is 0.305. The molecule has 26 heavy (non-hydrogen) atoms. The van der Waals surface area contributed by atoms with Crippen molar-refractivity contribution in [1.29, 1.82) is 0 Å². The highest BCUT2D eigenvalue weighted by Gasteiger charge is 2.37. The zero-order valence-corrected chi connectivity index (χ0v) is 15.5. The van der Waals surface area contributed by atoms with E-state index in [1.165, 1.54) is 6.07 Å². The van der Waals surface area contributed by atoms with Crippen molar-refractivity contribution in [2.75, 3.05) is 64.8 Å². The third-order valence-corrected chi connectivity index (χ3v) is 5.17. The molecule has 0 N–H and O–H groups in total. The number of carbonyl (C=O) groups excluding carboxylic acids is 2. The number of hydrogen-bond acceptors (Lipinski definition) is 4. The number of halogens is 1. The third-order valence-electron chi connectivity index (χ3n) is 5.17. The van der Waals surface area contributed by atoms with Crippen molar-refractivity contribution in [1.82, 2.24) is 14.7 Å². The highest BCUT2D eigenvalue weighted by atomic mass is 19.1. The lowest BCUT2D eigenvalue weighted by Gasteiger charge is -2.37. The van der Waals surface area contributed by atoms with Crippen LogP contribution in [0.1, 0.15) is 6.42 Å².